The maximum Gasteiger partial charge on any atom is 0.138 e. The van der Waals surface area contributed by atoms with Crippen LogP contribution in [0.5, 0.6) is 0 Å². The third kappa shape index (κ3) is 2.41. The highest BCUT2D eigenvalue weighted by Crippen LogP contribution is 2.42. The number of nitrogens with zero attached hydrogens (tertiary/aromatic N) is 2. The summed E-state index contributed by atoms with van der Waals surface area (Å²) in [6.07, 6.45) is 4.85. The average Bonchev–Trinajstić information content (AvgIpc) is 3.27. The van der Waals surface area contributed by atoms with Gasteiger partial charge in [0.25, 0.3) is 0 Å². The van der Waals surface area contributed by atoms with E-state index in [-0.39, 0.29) is 0 Å². The number of benzene rings is 1. The van der Waals surface area contributed by atoms with E-state index in [0.717, 1.165) is 31.0 Å². The van der Waals surface area contributed by atoms with Crippen LogP contribution in [-0.2, 0) is 6.42 Å². The molecule has 3 heteroatoms. The number of hydrogen-bond acceptors (Lipinski definition) is 3. The predicted octanol–water partition coefficient (Wildman–Crippen LogP) is 3.86. The van der Waals surface area contributed by atoms with Crippen LogP contribution in [0.2, 0.25) is 0 Å². The number of aromatic nitrogens is 2. The summed E-state index contributed by atoms with van der Waals surface area (Å²) in [5.74, 6) is 3.05. The molecule has 1 N–H and O–H groups in total. The van der Waals surface area contributed by atoms with Gasteiger partial charge in [-0.05, 0) is 43.7 Å². The summed E-state index contributed by atoms with van der Waals surface area (Å²) in [4.78, 5) is 9.70. The second kappa shape index (κ2) is 5.14. The molecular formula is C18H21N3. The van der Waals surface area contributed by atoms with E-state index in [1.54, 1.807) is 0 Å². The monoisotopic (exact) mass is 279 g/mol. The van der Waals surface area contributed by atoms with Gasteiger partial charge in [0.15, 0.2) is 0 Å². The first-order valence-electron chi connectivity index (χ1n) is 8.05. The van der Waals surface area contributed by atoms with Gasteiger partial charge < -0.3 is 5.32 Å². The van der Waals surface area contributed by atoms with Crippen molar-refractivity contribution < 1.29 is 0 Å². The molecule has 0 saturated heterocycles. The highest BCUT2D eigenvalue weighted by atomic mass is 15.0. The summed E-state index contributed by atoms with van der Waals surface area (Å²) in [5, 5.41) is 3.37. The SMILES string of the molecule is CCNc1cc(C2CC2)nc(C2CCc3ccccc32)n1. The van der Waals surface area contributed by atoms with Crippen LogP contribution in [0.3, 0.4) is 0 Å². The predicted molar refractivity (Wildman–Crippen MR) is 84.8 cm³/mol. The van der Waals surface area contributed by atoms with Crippen LogP contribution in [0.15, 0.2) is 30.3 Å². The van der Waals surface area contributed by atoms with E-state index in [4.69, 9.17) is 9.97 Å². The van der Waals surface area contributed by atoms with E-state index in [1.807, 2.05) is 0 Å². The van der Waals surface area contributed by atoms with Gasteiger partial charge in [0, 0.05) is 30.1 Å². The third-order valence-corrected chi connectivity index (χ3v) is 4.56. The fraction of sp³-hybridized carbons (Fsp3) is 0.444. The molecule has 2 aromatic rings. The van der Waals surface area contributed by atoms with Gasteiger partial charge in [-0.2, -0.15) is 0 Å². The fourth-order valence-electron chi connectivity index (χ4n) is 3.33. The van der Waals surface area contributed by atoms with Gasteiger partial charge >= 0.3 is 0 Å². The molecule has 1 fully saturated rings. The first-order chi connectivity index (χ1) is 10.3. The first kappa shape index (κ1) is 12.8. The zero-order valence-corrected chi connectivity index (χ0v) is 12.5. The molecule has 2 aliphatic rings. The van der Waals surface area contributed by atoms with Gasteiger partial charge in [-0.15, -0.1) is 0 Å². The molecule has 0 aliphatic heterocycles. The fourth-order valence-corrected chi connectivity index (χ4v) is 3.33. The smallest absolute Gasteiger partial charge is 0.138 e. The van der Waals surface area contributed by atoms with E-state index >= 15 is 0 Å². The summed E-state index contributed by atoms with van der Waals surface area (Å²) in [7, 11) is 0. The van der Waals surface area contributed by atoms with Crippen LogP contribution in [0.1, 0.15) is 60.7 Å². The lowest BCUT2D eigenvalue weighted by Gasteiger charge is -2.14. The lowest BCUT2D eigenvalue weighted by atomic mass is 10.0. The van der Waals surface area contributed by atoms with Gasteiger partial charge in [-0.1, -0.05) is 24.3 Å². The largest absolute Gasteiger partial charge is 0.370 e. The maximum absolute atomic E-state index is 4.91. The lowest BCUT2D eigenvalue weighted by Crippen LogP contribution is -2.09. The van der Waals surface area contributed by atoms with Crippen molar-refractivity contribution in [3.63, 3.8) is 0 Å². The Hall–Kier alpha value is -1.90. The second-order valence-corrected chi connectivity index (χ2v) is 6.13. The minimum atomic E-state index is 0.373. The minimum Gasteiger partial charge on any atom is -0.370 e. The van der Waals surface area contributed by atoms with Crippen molar-refractivity contribution in [2.24, 2.45) is 0 Å². The molecule has 0 bridgehead atoms. The Kier molecular flexibility index (Phi) is 3.13. The molecule has 2 aliphatic carbocycles. The molecule has 1 aromatic carbocycles. The number of aryl methyl sites for hydroxylation is 1. The topological polar surface area (TPSA) is 37.8 Å². The van der Waals surface area contributed by atoms with Crippen LogP contribution >= 0.6 is 0 Å². The van der Waals surface area contributed by atoms with Crippen LogP contribution in [0.25, 0.3) is 0 Å². The zero-order valence-electron chi connectivity index (χ0n) is 12.5. The van der Waals surface area contributed by atoms with Gasteiger partial charge in [-0.3, -0.25) is 0 Å². The maximum atomic E-state index is 4.91. The molecule has 0 spiro atoms. The van der Waals surface area contributed by atoms with Crippen LogP contribution < -0.4 is 5.32 Å². The second-order valence-electron chi connectivity index (χ2n) is 6.13. The third-order valence-electron chi connectivity index (χ3n) is 4.56. The van der Waals surface area contributed by atoms with E-state index in [1.165, 1.54) is 29.7 Å². The lowest BCUT2D eigenvalue weighted by molar-refractivity contribution is 0.719. The van der Waals surface area contributed by atoms with Crippen molar-refractivity contribution in [3.8, 4) is 0 Å². The zero-order chi connectivity index (χ0) is 14.2. The van der Waals surface area contributed by atoms with Crippen molar-refractivity contribution in [3.05, 3.63) is 53.0 Å². The molecule has 0 amide bonds. The number of fused-ring (bicyclic) bond motifs is 1. The Bertz CT molecular complexity index is 661. The summed E-state index contributed by atoms with van der Waals surface area (Å²) in [6.45, 7) is 3.02. The van der Waals surface area contributed by atoms with E-state index in [9.17, 15) is 0 Å². The van der Waals surface area contributed by atoms with Crippen molar-refractivity contribution in [2.45, 2.75) is 44.4 Å². The Labute approximate surface area is 125 Å². The van der Waals surface area contributed by atoms with Crippen LogP contribution in [0, 0.1) is 0 Å². The molecule has 108 valence electrons. The Balaban J connectivity index is 1.74. The Morgan fingerprint density at radius 1 is 1.14 bits per heavy atom. The molecule has 1 saturated carbocycles. The summed E-state index contributed by atoms with van der Waals surface area (Å²) in [6, 6.07) is 10.9. The number of nitrogens with one attached hydrogen (secondary N) is 1. The summed E-state index contributed by atoms with van der Waals surface area (Å²) >= 11 is 0. The van der Waals surface area contributed by atoms with Gasteiger partial charge in [0.05, 0.1) is 0 Å². The molecule has 21 heavy (non-hydrogen) atoms. The van der Waals surface area contributed by atoms with E-state index < -0.39 is 0 Å². The number of anilines is 1. The van der Waals surface area contributed by atoms with Crippen LogP contribution in [0.4, 0.5) is 5.82 Å². The normalized spacial score (nSPS) is 20.3. The van der Waals surface area contributed by atoms with Crippen molar-refractivity contribution in [1.29, 1.82) is 0 Å². The quantitative estimate of drug-likeness (QED) is 0.923. The van der Waals surface area contributed by atoms with Crippen molar-refractivity contribution in [1.82, 2.24) is 9.97 Å². The summed E-state index contributed by atoms with van der Waals surface area (Å²) in [5.41, 5.74) is 4.13. The van der Waals surface area contributed by atoms with E-state index in [0.29, 0.717) is 11.8 Å². The van der Waals surface area contributed by atoms with E-state index in [2.05, 4.69) is 42.6 Å². The average molecular weight is 279 g/mol. The molecule has 1 atom stereocenters. The Morgan fingerprint density at radius 2 is 2.00 bits per heavy atom. The molecule has 0 radical (unpaired) electrons. The van der Waals surface area contributed by atoms with Gasteiger partial charge in [0.1, 0.15) is 11.6 Å². The highest BCUT2D eigenvalue weighted by molar-refractivity contribution is 5.43. The summed E-state index contributed by atoms with van der Waals surface area (Å²) < 4.78 is 0. The number of hydrogen-bond donors (Lipinski definition) is 1. The standard InChI is InChI=1S/C18H21N3/c1-2-19-17-11-16(13-7-8-13)20-18(21-17)15-10-9-12-5-3-4-6-14(12)15/h3-6,11,13,15H,2,7-10H2,1H3,(H,19,20,21). The van der Waals surface area contributed by atoms with Crippen molar-refractivity contribution >= 4 is 5.82 Å². The highest BCUT2D eigenvalue weighted by Gasteiger charge is 2.30. The Morgan fingerprint density at radius 3 is 2.81 bits per heavy atom. The molecule has 3 nitrogen and oxygen atoms in total. The van der Waals surface area contributed by atoms with Crippen LogP contribution in [-0.4, -0.2) is 16.5 Å². The molecular weight excluding hydrogens is 258 g/mol. The molecule has 1 aromatic heterocycles. The minimum absolute atomic E-state index is 0.373. The number of rotatable bonds is 4. The molecule has 1 heterocycles. The first-order valence-corrected chi connectivity index (χ1v) is 8.05. The van der Waals surface area contributed by atoms with Gasteiger partial charge in [0.2, 0.25) is 0 Å². The molecule has 1 unspecified atom stereocenters. The van der Waals surface area contributed by atoms with Gasteiger partial charge in [-0.25, -0.2) is 9.97 Å². The molecule has 4 rings (SSSR count). The van der Waals surface area contributed by atoms with Crippen molar-refractivity contribution in [2.75, 3.05) is 11.9 Å².